The quantitative estimate of drug-likeness (QED) is 0.670. The van der Waals surface area contributed by atoms with Crippen LogP contribution in [0.5, 0.6) is 0 Å². The Kier molecular flexibility index (Phi) is 2.21. The molecule has 3 heteroatoms. The maximum Gasteiger partial charge on any atom is 0.338 e. The molecular formula is C13H15NO2. The van der Waals surface area contributed by atoms with Crippen LogP contribution in [0.25, 0.3) is 0 Å². The molecule has 1 saturated heterocycles. The first-order valence-electron chi connectivity index (χ1n) is 5.81. The number of ether oxygens (including phenoxy) is 1. The van der Waals surface area contributed by atoms with Crippen LogP contribution >= 0.6 is 0 Å². The fourth-order valence-corrected chi connectivity index (χ4v) is 2.67. The Hall–Kier alpha value is -1.35. The Balaban J connectivity index is 1.96. The summed E-state index contributed by atoms with van der Waals surface area (Å²) in [5.74, 6) is -0.149. The molecule has 1 fully saturated rings. The molecule has 1 spiro atoms. The second-order valence-electron chi connectivity index (χ2n) is 4.66. The lowest BCUT2D eigenvalue weighted by Gasteiger charge is -2.40. The minimum Gasteiger partial charge on any atom is -0.455 e. The number of nitrogens with one attached hydrogen (secondary N) is 1. The zero-order chi connectivity index (χ0) is 11.0. The summed E-state index contributed by atoms with van der Waals surface area (Å²) in [5.41, 5.74) is 1.64. The number of rotatable bonds is 0. The van der Waals surface area contributed by atoms with Gasteiger partial charge in [0.2, 0.25) is 0 Å². The van der Waals surface area contributed by atoms with E-state index in [2.05, 4.69) is 5.32 Å². The molecule has 3 nitrogen and oxygen atoms in total. The largest absolute Gasteiger partial charge is 0.455 e. The summed E-state index contributed by atoms with van der Waals surface area (Å²) in [7, 11) is 0. The molecule has 84 valence electrons. The van der Waals surface area contributed by atoms with E-state index in [0.717, 1.165) is 43.5 Å². The standard InChI is InChI=1S/C13H15NO2/c15-12-11-4-2-1-3-10(11)9-13(16-12)5-7-14-8-6-13/h1-4,14H,5-9H2. The van der Waals surface area contributed by atoms with Gasteiger partial charge in [0.15, 0.2) is 0 Å². The van der Waals surface area contributed by atoms with E-state index in [0.29, 0.717) is 0 Å². The molecule has 0 amide bonds. The topological polar surface area (TPSA) is 38.3 Å². The normalized spacial score (nSPS) is 22.6. The molecule has 0 radical (unpaired) electrons. The van der Waals surface area contributed by atoms with Crippen molar-refractivity contribution in [1.29, 1.82) is 0 Å². The van der Waals surface area contributed by atoms with E-state index < -0.39 is 0 Å². The number of fused-ring (bicyclic) bond motifs is 1. The summed E-state index contributed by atoms with van der Waals surface area (Å²) in [6.45, 7) is 1.88. The minimum atomic E-state index is -0.239. The molecule has 0 aliphatic carbocycles. The summed E-state index contributed by atoms with van der Waals surface area (Å²) >= 11 is 0. The zero-order valence-corrected chi connectivity index (χ0v) is 9.16. The van der Waals surface area contributed by atoms with Gasteiger partial charge in [-0.1, -0.05) is 18.2 Å². The van der Waals surface area contributed by atoms with Crippen LogP contribution in [-0.4, -0.2) is 24.7 Å². The van der Waals surface area contributed by atoms with E-state index in [1.807, 2.05) is 24.3 Å². The van der Waals surface area contributed by atoms with Gasteiger partial charge < -0.3 is 10.1 Å². The third kappa shape index (κ3) is 1.52. The van der Waals surface area contributed by atoms with Crippen LogP contribution in [-0.2, 0) is 11.2 Å². The molecule has 1 N–H and O–H groups in total. The maximum atomic E-state index is 11.9. The Labute approximate surface area is 94.8 Å². The summed E-state index contributed by atoms with van der Waals surface area (Å²) < 4.78 is 5.66. The Morgan fingerprint density at radius 2 is 1.94 bits per heavy atom. The molecule has 0 aromatic heterocycles. The van der Waals surface area contributed by atoms with E-state index in [1.54, 1.807) is 0 Å². The highest BCUT2D eigenvalue weighted by Crippen LogP contribution is 2.34. The monoisotopic (exact) mass is 217 g/mol. The summed E-state index contributed by atoms with van der Waals surface area (Å²) in [4.78, 5) is 11.9. The van der Waals surface area contributed by atoms with E-state index in [-0.39, 0.29) is 11.6 Å². The highest BCUT2D eigenvalue weighted by molar-refractivity contribution is 5.92. The average molecular weight is 217 g/mol. The highest BCUT2D eigenvalue weighted by Gasteiger charge is 2.40. The number of benzene rings is 1. The van der Waals surface area contributed by atoms with Gasteiger partial charge in [-0.2, -0.15) is 0 Å². The molecule has 16 heavy (non-hydrogen) atoms. The summed E-state index contributed by atoms with van der Waals surface area (Å²) in [5, 5.41) is 3.30. The van der Waals surface area contributed by atoms with Crippen molar-refractivity contribution in [3.8, 4) is 0 Å². The van der Waals surface area contributed by atoms with Gasteiger partial charge in [-0.15, -0.1) is 0 Å². The van der Waals surface area contributed by atoms with Gasteiger partial charge in [-0.05, 0) is 24.7 Å². The van der Waals surface area contributed by atoms with Gasteiger partial charge in [0.1, 0.15) is 5.60 Å². The lowest BCUT2D eigenvalue weighted by Crippen LogP contribution is -2.49. The second kappa shape index (κ2) is 3.59. The number of esters is 1. The molecule has 1 aromatic carbocycles. The number of carbonyl (C=O) groups is 1. The predicted octanol–water partition coefficient (Wildman–Crippen LogP) is 1.52. The van der Waals surface area contributed by atoms with Gasteiger partial charge in [-0.3, -0.25) is 0 Å². The van der Waals surface area contributed by atoms with Crippen LogP contribution in [0.3, 0.4) is 0 Å². The lowest BCUT2D eigenvalue weighted by molar-refractivity contribution is -0.0398. The molecule has 0 atom stereocenters. The minimum absolute atomic E-state index is 0.149. The van der Waals surface area contributed by atoms with E-state index in [1.165, 1.54) is 0 Å². The molecule has 2 heterocycles. The first-order valence-corrected chi connectivity index (χ1v) is 5.81. The molecule has 2 aliphatic rings. The van der Waals surface area contributed by atoms with Gasteiger partial charge in [0, 0.05) is 19.3 Å². The first kappa shape index (κ1) is 9.85. The molecule has 3 rings (SSSR count). The molecular weight excluding hydrogens is 202 g/mol. The third-order valence-electron chi connectivity index (χ3n) is 3.57. The summed E-state index contributed by atoms with van der Waals surface area (Å²) in [6.07, 6.45) is 2.72. The number of hydrogen-bond donors (Lipinski definition) is 1. The van der Waals surface area contributed by atoms with Crippen LogP contribution in [0.4, 0.5) is 0 Å². The third-order valence-corrected chi connectivity index (χ3v) is 3.57. The van der Waals surface area contributed by atoms with E-state index in [4.69, 9.17) is 4.74 Å². The fraction of sp³-hybridized carbons (Fsp3) is 0.462. The molecule has 0 unspecified atom stereocenters. The van der Waals surface area contributed by atoms with Crippen molar-refractivity contribution in [3.05, 3.63) is 35.4 Å². The number of carbonyl (C=O) groups excluding carboxylic acids is 1. The second-order valence-corrected chi connectivity index (χ2v) is 4.66. The van der Waals surface area contributed by atoms with Gasteiger partial charge in [0.25, 0.3) is 0 Å². The Morgan fingerprint density at radius 1 is 1.19 bits per heavy atom. The van der Waals surface area contributed by atoms with Gasteiger partial charge in [0.05, 0.1) is 5.56 Å². The van der Waals surface area contributed by atoms with E-state index >= 15 is 0 Å². The predicted molar refractivity (Wildman–Crippen MR) is 60.4 cm³/mol. The van der Waals surface area contributed by atoms with Crippen LogP contribution in [0, 0.1) is 0 Å². The van der Waals surface area contributed by atoms with Crippen molar-refractivity contribution in [2.75, 3.05) is 13.1 Å². The maximum absolute atomic E-state index is 11.9. The van der Waals surface area contributed by atoms with Crippen molar-refractivity contribution in [1.82, 2.24) is 5.32 Å². The molecule has 1 aromatic rings. The number of hydrogen-bond acceptors (Lipinski definition) is 3. The SMILES string of the molecule is O=C1OC2(CCNCC2)Cc2ccccc21. The summed E-state index contributed by atoms with van der Waals surface area (Å²) in [6, 6.07) is 7.78. The van der Waals surface area contributed by atoms with Crippen molar-refractivity contribution in [2.45, 2.75) is 24.9 Å². The molecule has 0 bridgehead atoms. The molecule has 0 saturated carbocycles. The van der Waals surface area contributed by atoms with Crippen molar-refractivity contribution in [2.24, 2.45) is 0 Å². The van der Waals surface area contributed by atoms with Crippen molar-refractivity contribution < 1.29 is 9.53 Å². The van der Waals surface area contributed by atoms with Crippen LogP contribution in [0.1, 0.15) is 28.8 Å². The van der Waals surface area contributed by atoms with Crippen molar-refractivity contribution >= 4 is 5.97 Å². The Morgan fingerprint density at radius 3 is 2.75 bits per heavy atom. The van der Waals surface area contributed by atoms with Gasteiger partial charge in [-0.25, -0.2) is 4.79 Å². The van der Waals surface area contributed by atoms with Crippen molar-refractivity contribution in [3.63, 3.8) is 0 Å². The van der Waals surface area contributed by atoms with Crippen LogP contribution in [0.2, 0.25) is 0 Å². The first-order chi connectivity index (χ1) is 7.79. The lowest BCUT2D eigenvalue weighted by atomic mass is 9.82. The highest BCUT2D eigenvalue weighted by atomic mass is 16.6. The van der Waals surface area contributed by atoms with Crippen LogP contribution in [0.15, 0.2) is 24.3 Å². The average Bonchev–Trinajstić information content (AvgIpc) is 2.30. The van der Waals surface area contributed by atoms with Gasteiger partial charge >= 0.3 is 5.97 Å². The fourth-order valence-electron chi connectivity index (χ4n) is 2.67. The van der Waals surface area contributed by atoms with Crippen LogP contribution < -0.4 is 5.32 Å². The zero-order valence-electron chi connectivity index (χ0n) is 9.16. The smallest absolute Gasteiger partial charge is 0.338 e. The number of piperidine rings is 1. The Bertz CT molecular complexity index is 422. The van der Waals surface area contributed by atoms with E-state index in [9.17, 15) is 4.79 Å². The molecule has 2 aliphatic heterocycles.